The van der Waals surface area contributed by atoms with Gasteiger partial charge in [-0.1, -0.05) is 6.58 Å². The van der Waals surface area contributed by atoms with Gasteiger partial charge in [0.2, 0.25) is 0 Å². The first-order valence-electron chi connectivity index (χ1n) is 4.29. The van der Waals surface area contributed by atoms with Crippen molar-refractivity contribution in [2.45, 2.75) is 13.0 Å². The van der Waals surface area contributed by atoms with Gasteiger partial charge in [-0.05, 0) is 19.1 Å². The second-order valence-electron chi connectivity index (χ2n) is 3.03. The van der Waals surface area contributed by atoms with Crippen LogP contribution in [0, 0.1) is 0 Å². The minimum absolute atomic E-state index is 0.0129. The molecule has 1 aromatic rings. The zero-order valence-electron chi connectivity index (χ0n) is 7.99. The van der Waals surface area contributed by atoms with Gasteiger partial charge in [0.05, 0.1) is 12.3 Å². The molecule has 1 aromatic heterocycles. The SMILES string of the molecule is C=C(CN[C@H](C)c1ccco1)C(=O)O. The maximum Gasteiger partial charge on any atom is 0.332 e. The quantitative estimate of drug-likeness (QED) is 0.700. The summed E-state index contributed by atoms with van der Waals surface area (Å²) in [6, 6.07) is 3.61. The fourth-order valence-electron chi connectivity index (χ4n) is 0.990. The van der Waals surface area contributed by atoms with Gasteiger partial charge >= 0.3 is 5.97 Å². The van der Waals surface area contributed by atoms with E-state index in [0.717, 1.165) is 5.76 Å². The molecule has 0 fully saturated rings. The van der Waals surface area contributed by atoms with Crippen LogP contribution in [-0.2, 0) is 4.79 Å². The van der Waals surface area contributed by atoms with Crippen LogP contribution in [-0.4, -0.2) is 17.6 Å². The standard InChI is InChI=1S/C10H13NO3/c1-7(10(12)13)6-11-8(2)9-4-3-5-14-9/h3-5,8,11H,1,6H2,2H3,(H,12,13)/t8-/m1/s1. The Hall–Kier alpha value is -1.55. The number of nitrogens with one attached hydrogen (secondary N) is 1. The molecule has 0 saturated carbocycles. The third-order valence-electron chi connectivity index (χ3n) is 1.89. The van der Waals surface area contributed by atoms with Crippen molar-refractivity contribution >= 4 is 5.97 Å². The highest BCUT2D eigenvalue weighted by atomic mass is 16.4. The van der Waals surface area contributed by atoms with Crippen LogP contribution in [0.25, 0.3) is 0 Å². The van der Waals surface area contributed by atoms with Crippen LogP contribution in [0.3, 0.4) is 0 Å². The molecule has 0 aliphatic heterocycles. The first kappa shape index (κ1) is 10.5. The number of carboxylic acid groups (broad SMARTS) is 1. The van der Waals surface area contributed by atoms with E-state index in [9.17, 15) is 4.79 Å². The summed E-state index contributed by atoms with van der Waals surface area (Å²) < 4.78 is 5.15. The van der Waals surface area contributed by atoms with Crippen molar-refractivity contribution in [1.29, 1.82) is 0 Å². The molecule has 0 bridgehead atoms. The molecule has 0 amide bonds. The fraction of sp³-hybridized carbons (Fsp3) is 0.300. The van der Waals surface area contributed by atoms with Gasteiger partial charge in [-0.2, -0.15) is 0 Å². The van der Waals surface area contributed by atoms with E-state index in [4.69, 9.17) is 9.52 Å². The van der Waals surface area contributed by atoms with Gasteiger partial charge in [-0.3, -0.25) is 0 Å². The van der Waals surface area contributed by atoms with E-state index in [-0.39, 0.29) is 18.2 Å². The Bertz CT molecular complexity index is 316. The van der Waals surface area contributed by atoms with Gasteiger partial charge < -0.3 is 14.8 Å². The first-order valence-corrected chi connectivity index (χ1v) is 4.29. The number of rotatable bonds is 5. The molecule has 14 heavy (non-hydrogen) atoms. The number of carbonyl (C=O) groups is 1. The number of aliphatic carboxylic acids is 1. The highest BCUT2D eigenvalue weighted by Gasteiger charge is 2.09. The van der Waals surface area contributed by atoms with Crippen LogP contribution in [0.15, 0.2) is 35.0 Å². The van der Waals surface area contributed by atoms with Crippen molar-refractivity contribution in [3.8, 4) is 0 Å². The lowest BCUT2D eigenvalue weighted by Crippen LogP contribution is -2.23. The predicted molar refractivity (Wildman–Crippen MR) is 51.9 cm³/mol. The van der Waals surface area contributed by atoms with Gasteiger partial charge in [-0.15, -0.1) is 0 Å². The highest BCUT2D eigenvalue weighted by Crippen LogP contribution is 2.11. The number of carboxylic acids is 1. The van der Waals surface area contributed by atoms with Crippen molar-refractivity contribution < 1.29 is 14.3 Å². The van der Waals surface area contributed by atoms with Crippen LogP contribution in [0.1, 0.15) is 18.7 Å². The van der Waals surface area contributed by atoms with E-state index in [2.05, 4.69) is 11.9 Å². The van der Waals surface area contributed by atoms with Gasteiger partial charge in [0, 0.05) is 12.1 Å². The topological polar surface area (TPSA) is 62.5 Å². The third kappa shape index (κ3) is 2.74. The van der Waals surface area contributed by atoms with Gasteiger partial charge in [0.15, 0.2) is 0 Å². The molecule has 0 aliphatic carbocycles. The fourth-order valence-corrected chi connectivity index (χ4v) is 0.990. The van der Waals surface area contributed by atoms with E-state index in [1.54, 1.807) is 12.3 Å². The maximum atomic E-state index is 10.4. The molecular weight excluding hydrogens is 182 g/mol. The third-order valence-corrected chi connectivity index (χ3v) is 1.89. The normalized spacial score (nSPS) is 12.4. The monoisotopic (exact) mass is 195 g/mol. The Balaban J connectivity index is 2.39. The predicted octanol–water partition coefficient (Wildman–Crippen LogP) is 1.57. The van der Waals surface area contributed by atoms with Crippen molar-refractivity contribution in [2.24, 2.45) is 0 Å². The first-order chi connectivity index (χ1) is 6.61. The molecule has 76 valence electrons. The smallest absolute Gasteiger partial charge is 0.332 e. The molecule has 1 heterocycles. The molecule has 0 spiro atoms. The molecular formula is C10H13NO3. The summed E-state index contributed by atoms with van der Waals surface area (Å²) >= 11 is 0. The zero-order chi connectivity index (χ0) is 10.6. The lowest BCUT2D eigenvalue weighted by molar-refractivity contribution is -0.132. The summed E-state index contributed by atoms with van der Waals surface area (Å²) in [6.45, 7) is 5.56. The lowest BCUT2D eigenvalue weighted by atomic mass is 10.2. The van der Waals surface area contributed by atoms with E-state index in [1.807, 2.05) is 13.0 Å². The number of furan rings is 1. The lowest BCUT2D eigenvalue weighted by Gasteiger charge is -2.10. The summed E-state index contributed by atoms with van der Waals surface area (Å²) in [5.41, 5.74) is 0.142. The number of hydrogen-bond acceptors (Lipinski definition) is 3. The summed E-state index contributed by atoms with van der Waals surface area (Å²) in [7, 11) is 0. The molecule has 4 heteroatoms. The molecule has 0 radical (unpaired) electrons. The summed E-state index contributed by atoms with van der Waals surface area (Å²) in [5.74, 6) is -0.202. The van der Waals surface area contributed by atoms with Crippen LogP contribution in [0.5, 0.6) is 0 Å². The Morgan fingerprint density at radius 3 is 3.00 bits per heavy atom. The molecule has 0 unspecified atom stereocenters. The number of hydrogen-bond donors (Lipinski definition) is 2. The van der Waals surface area contributed by atoms with Crippen molar-refractivity contribution in [1.82, 2.24) is 5.32 Å². The van der Waals surface area contributed by atoms with Crippen LogP contribution >= 0.6 is 0 Å². The molecule has 2 N–H and O–H groups in total. The van der Waals surface area contributed by atoms with E-state index < -0.39 is 5.97 Å². The Morgan fingerprint density at radius 2 is 2.50 bits per heavy atom. The van der Waals surface area contributed by atoms with Crippen LogP contribution in [0.2, 0.25) is 0 Å². The minimum Gasteiger partial charge on any atom is -0.478 e. The minimum atomic E-state index is -0.982. The molecule has 0 aromatic carbocycles. The molecule has 4 nitrogen and oxygen atoms in total. The van der Waals surface area contributed by atoms with E-state index in [1.165, 1.54) is 0 Å². The Kier molecular flexibility index (Phi) is 3.48. The van der Waals surface area contributed by atoms with Crippen molar-refractivity contribution in [3.63, 3.8) is 0 Å². The van der Waals surface area contributed by atoms with Gasteiger partial charge in [-0.25, -0.2) is 4.79 Å². The molecule has 1 atom stereocenters. The van der Waals surface area contributed by atoms with E-state index in [0.29, 0.717) is 0 Å². The Labute approximate surface area is 82.2 Å². The average Bonchev–Trinajstić information content (AvgIpc) is 2.66. The molecule has 0 aliphatic rings. The molecule has 1 rings (SSSR count). The van der Waals surface area contributed by atoms with Crippen molar-refractivity contribution in [2.75, 3.05) is 6.54 Å². The van der Waals surface area contributed by atoms with E-state index >= 15 is 0 Å². The van der Waals surface area contributed by atoms with Crippen molar-refractivity contribution in [3.05, 3.63) is 36.3 Å². The second-order valence-corrected chi connectivity index (χ2v) is 3.03. The second kappa shape index (κ2) is 4.62. The molecule has 0 saturated heterocycles. The van der Waals surface area contributed by atoms with Gasteiger partial charge in [0.25, 0.3) is 0 Å². The zero-order valence-corrected chi connectivity index (χ0v) is 7.99. The Morgan fingerprint density at radius 1 is 1.79 bits per heavy atom. The summed E-state index contributed by atoms with van der Waals surface area (Å²) in [4.78, 5) is 10.4. The van der Waals surface area contributed by atoms with Crippen LogP contribution in [0.4, 0.5) is 0 Å². The van der Waals surface area contributed by atoms with Gasteiger partial charge in [0.1, 0.15) is 5.76 Å². The average molecular weight is 195 g/mol. The summed E-state index contributed by atoms with van der Waals surface area (Å²) in [6.07, 6.45) is 1.58. The maximum absolute atomic E-state index is 10.4. The van der Waals surface area contributed by atoms with Crippen LogP contribution < -0.4 is 5.32 Å². The summed E-state index contributed by atoms with van der Waals surface area (Å²) in [5, 5.41) is 11.6. The largest absolute Gasteiger partial charge is 0.478 e. The highest BCUT2D eigenvalue weighted by molar-refractivity contribution is 5.86.